The minimum absolute atomic E-state index is 0.540. The van der Waals surface area contributed by atoms with Crippen LogP contribution < -0.4 is 0 Å². The second-order valence-electron chi connectivity index (χ2n) is 3.52. The third-order valence-electron chi connectivity index (χ3n) is 2.30. The molecule has 0 saturated carbocycles. The van der Waals surface area contributed by atoms with Crippen LogP contribution in [0.15, 0.2) is 12.4 Å². The van der Waals surface area contributed by atoms with Crippen LogP contribution in [0, 0.1) is 5.92 Å². The number of aromatic amines is 1. The summed E-state index contributed by atoms with van der Waals surface area (Å²) < 4.78 is 0. The molecule has 0 aliphatic rings. The number of imidazole rings is 1. The van der Waals surface area contributed by atoms with E-state index in [-0.39, 0.29) is 0 Å². The smallest absolute Gasteiger partial charge is 0.107 e. The van der Waals surface area contributed by atoms with Crippen LogP contribution in [-0.2, 0) is 6.42 Å². The van der Waals surface area contributed by atoms with Crippen LogP contribution in [0.25, 0.3) is 0 Å². The van der Waals surface area contributed by atoms with Gasteiger partial charge in [-0.1, -0.05) is 36.2 Å². The molecule has 2 nitrogen and oxygen atoms in total. The third kappa shape index (κ3) is 3.51. The molecule has 2 atom stereocenters. The van der Waals surface area contributed by atoms with E-state index in [1.165, 1.54) is 12.8 Å². The van der Waals surface area contributed by atoms with E-state index >= 15 is 0 Å². The normalized spacial score (nSPS) is 15.6. The summed E-state index contributed by atoms with van der Waals surface area (Å²) in [4.78, 5) is 7.88. The zero-order valence-corrected chi connectivity index (χ0v) is 9.84. The maximum atomic E-state index is 4.21. The van der Waals surface area contributed by atoms with Crippen molar-refractivity contribution in [2.24, 2.45) is 5.92 Å². The van der Waals surface area contributed by atoms with E-state index in [2.05, 4.69) is 39.7 Å². The van der Waals surface area contributed by atoms with Crippen LogP contribution in [0.5, 0.6) is 0 Å². The van der Waals surface area contributed by atoms with E-state index in [4.69, 9.17) is 0 Å². The van der Waals surface area contributed by atoms with Gasteiger partial charge in [0.1, 0.15) is 5.82 Å². The molecular formula is C10H17BrN2. The van der Waals surface area contributed by atoms with Gasteiger partial charge in [0.05, 0.1) is 0 Å². The number of halogens is 1. The van der Waals surface area contributed by atoms with Gasteiger partial charge in [-0.05, 0) is 12.3 Å². The van der Waals surface area contributed by atoms with Crippen LogP contribution in [0.1, 0.15) is 32.5 Å². The Morgan fingerprint density at radius 3 is 2.92 bits per heavy atom. The summed E-state index contributed by atoms with van der Waals surface area (Å²) in [6.07, 6.45) is 7.20. The Balaban J connectivity index is 2.36. The highest BCUT2D eigenvalue weighted by Gasteiger charge is 2.14. The van der Waals surface area contributed by atoms with Gasteiger partial charge in [0, 0.05) is 23.6 Å². The number of alkyl halides is 1. The zero-order valence-electron chi connectivity index (χ0n) is 8.26. The Kier molecular flexibility index (Phi) is 4.50. The van der Waals surface area contributed by atoms with Crippen LogP contribution in [0.4, 0.5) is 0 Å². The number of hydrogen-bond acceptors (Lipinski definition) is 1. The zero-order chi connectivity index (χ0) is 9.68. The first kappa shape index (κ1) is 10.8. The van der Waals surface area contributed by atoms with Gasteiger partial charge in [-0.3, -0.25) is 0 Å². The maximum Gasteiger partial charge on any atom is 0.107 e. The molecule has 1 N–H and O–H groups in total. The van der Waals surface area contributed by atoms with Gasteiger partial charge >= 0.3 is 0 Å². The van der Waals surface area contributed by atoms with Gasteiger partial charge in [-0.25, -0.2) is 4.98 Å². The Labute approximate surface area is 88.3 Å². The molecule has 3 heteroatoms. The molecule has 0 aromatic carbocycles. The van der Waals surface area contributed by atoms with Crippen molar-refractivity contribution in [3.05, 3.63) is 18.2 Å². The Morgan fingerprint density at radius 1 is 1.62 bits per heavy atom. The average molecular weight is 245 g/mol. The van der Waals surface area contributed by atoms with Crippen molar-refractivity contribution in [2.75, 3.05) is 0 Å². The molecule has 1 heterocycles. The number of rotatable bonds is 5. The molecule has 0 aliphatic heterocycles. The molecule has 2 unspecified atom stereocenters. The molecule has 0 bridgehead atoms. The molecule has 1 aromatic rings. The Morgan fingerprint density at radius 2 is 2.38 bits per heavy atom. The van der Waals surface area contributed by atoms with Gasteiger partial charge in [-0.2, -0.15) is 0 Å². The molecule has 0 radical (unpaired) electrons. The van der Waals surface area contributed by atoms with Crippen LogP contribution >= 0.6 is 15.9 Å². The maximum absolute atomic E-state index is 4.21. The van der Waals surface area contributed by atoms with Crippen molar-refractivity contribution < 1.29 is 0 Å². The number of aromatic nitrogens is 2. The van der Waals surface area contributed by atoms with Crippen LogP contribution in [0.3, 0.4) is 0 Å². The minimum Gasteiger partial charge on any atom is -0.349 e. The van der Waals surface area contributed by atoms with Crippen molar-refractivity contribution in [3.63, 3.8) is 0 Å². The van der Waals surface area contributed by atoms with E-state index in [0.717, 1.165) is 18.2 Å². The fourth-order valence-corrected chi connectivity index (χ4v) is 2.00. The number of H-pyrrole nitrogens is 1. The molecule has 0 saturated heterocycles. The van der Waals surface area contributed by atoms with Crippen molar-refractivity contribution in [1.29, 1.82) is 0 Å². The Bertz CT molecular complexity index is 221. The summed E-state index contributed by atoms with van der Waals surface area (Å²) in [5.41, 5.74) is 0. The lowest BCUT2D eigenvalue weighted by molar-refractivity contribution is 0.501. The fourth-order valence-electron chi connectivity index (χ4n) is 1.43. The van der Waals surface area contributed by atoms with Crippen molar-refractivity contribution in [3.8, 4) is 0 Å². The second-order valence-corrected chi connectivity index (χ2v) is 4.70. The summed E-state index contributed by atoms with van der Waals surface area (Å²) in [7, 11) is 0. The lowest BCUT2D eigenvalue weighted by Gasteiger charge is -2.16. The molecular weight excluding hydrogens is 228 g/mol. The molecule has 74 valence electrons. The largest absolute Gasteiger partial charge is 0.349 e. The first-order valence-electron chi connectivity index (χ1n) is 4.86. The fraction of sp³-hybridized carbons (Fsp3) is 0.700. The second kappa shape index (κ2) is 5.43. The van der Waals surface area contributed by atoms with Gasteiger partial charge < -0.3 is 4.98 Å². The molecule has 0 aliphatic carbocycles. The summed E-state index contributed by atoms with van der Waals surface area (Å²) in [6, 6.07) is 0. The summed E-state index contributed by atoms with van der Waals surface area (Å²) in [5.74, 6) is 1.79. The van der Waals surface area contributed by atoms with Crippen LogP contribution in [0.2, 0.25) is 0 Å². The molecule has 13 heavy (non-hydrogen) atoms. The highest BCUT2D eigenvalue weighted by molar-refractivity contribution is 9.09. The van der Waals surface area contributed by atoms with Crippen LogP contribution in [-0.4, -0.2) is 14.8 Å². The first-order chi connectivity index (χ1) is 6.24. The highest BCUT2D eigenvalue weighted by Crippen LogP contribution is 2.20. The average Bonchev–Trinajstić information content (AvgIpc) is 2.57. The minimum atomic E-state index is 0.540. The Hall–Kier alpha value is -0.310. The van der Waals surface area contributed by atoms with E-state index in [1.54, 1.807) is 6.20 Å². The predicted octanol–water partition coefficient (Wildman–Crippen LogP) is 3.15. The number of hydrogen-bond donors (Lipinski definition) is 1. The molecule has 0 fully saturated rings. The number of nitrogens with one attached hydrogen (secondary N) is 1. The molecule has 1 aromatic heterocycles. The van der Waals surface area contributed by atoms with Crippen molar-refractivity contribution in [1.82, 2.24) is 9.97 Å². The molecule has 0 amide bonds. The van der Waals surface area contributed by atoms with E-state index in [0.29, 0.717) is 4.83 Å². The lowest BCUT2D eigenvalue weighted by Crippen LogP contribution is -2.14. The predicted molar refractivity (Wildman–Crippen MR) is 59.1 cm³/mol. The third-order valence-corrected chi connectivity index (χ3v) is 3.53. The summed E-state index contributed by atoms with van der Waals surface area (Å²) >= 11 is 3.71. The quantitative estimate of drug-likeness (QED) is 0.793. The molecule has 0 spiro atoms. The topological polar surface area (TPSA) is 28.7 Å². The van der Waals surface area contributed by atoms with Gasteiger partial charge in [0.15, 0.2) is 0 Å². The number of nitrogens with zero attached hydrogens (tertiary/aromatic N) is 1. The first-order valence-corrected chi connectivity index (χ1v) is 5.78. The highest BCUT2D eigenvalue weighted by atomic mass is 79.9. The van der Waals surface area contributed by atoms with E-state index in [9.17, 15) is 0 Å². The van der Waals surface area contributed by atoms with Gasteiger partial charge in [0.25, 0.3) is 0 Å². The van der Waals surface area contributed by atoms with E-state index < -0.39 is 0 Å². The SMILES string of the molecule is CCCC(C)C(Br)Cc1ncc[nH]1. The molecule has 1 rings (SSSR count). The lowest BCUT2D eigenvalue weighted by atomic mass is 10.00. The summed E-state index contributed by atoms with van der Waals surface area (Å²) in [5, 5.41) is 0. The standard InChI is InChI=1S/C10H17BrN2/c1-3-4-8(2)9(11)7-10-12-5-6-13-10/h5-6,8-9H,3-4,7H2,1-2H3,(H,12,13). The van der Waals surface area contributed by atoms with Gasteiger partial charge in [-0.15, -0.1) is 0 Å². The van der Waals surface area contributed by atoms with Crippen molar-refractivity contribution in [2.45, 2.75) is 37.9 Å². The van der Waals surface area contributed by atoms with Gasteiger partial charge in [0.2, 0.25) is 0 Å². The van der Waals surface area contributed by atoms with E-state index in [1.807, 2.05) is 6.20 Å². The summed E-state index contributed by atoms with van der Waals surface area (Å²) in [6.45, 7) is 4.51. The van der Waals surface area contributed by atoms with Crippen molar-refractivity contribution >= 4 is 15.9 Å². The monoisotopic (exact) mass is 244 g/mol.